The Bertz CT molecular complexity index is 718. The van der Waals surface area contributed by atoms with Crippen molar-refractivity contribution in [3.8, 4) is 0 Å². The zero-order valence-electron chi connectivity index (χ0n) is 15.4. The van der Waals surface area contributed by atoms with E-state index in [0.717, 1.165) is 32.7 Å². The molecule has 4 nitrogen and oxygen atoms in total. The maximum Gasteiger partial charge on any atom is 0.223 e. The van der Waals surface area contributed by atoms with E-state index in [0.29, 0.717) is 12.3 Å². The Morgan fingerprint density at radius 2 is 1.79 bits per heavy atom. The van der Waals surface area contributed by atoms with E-state index < -0.39 is 0 Å². The maximum absolute atomic E-state index is 12.4. The van der Waals surface area contributed by atoms with Crippen LogP contribution in [0.3, 0.4) is 0 Å². The van der Waals surface area contributed by atoms with E-state index >= 15 is 0 Å². The van der Waals surface area contributed by atoms with E-state index in [2.05, 4.69) is 61.8 Å². The van der Waals surface area contributed by atoms with Gasteiger partial charge in [-0.25, -0.2) is 0 Å². The number of nitrogens with zero attached hydrogens (tertiary/aromatic N) is 2. The van der Waals surface area contributed by atoms with Crippen LogP contribution in [0.25, 0.3) is 10.9 Å². The fourth-order valence-electron chi connectivity index (χ4n) is 3.48. The van der Waals surface area contributed by atoms with Gasteiger partial charge in [0.25, 0.3) is 0 Å². The lowest BCUT2D eigenvalue weighted by molar-refractivity contribution is -0.134. The van der Waals surface area contributed by atoms with Gasteiger partial charge in [0.2, 0.25) is 5.91 Å². The summed E-state index contributed by atoms with van der Waals surface area (Å²) in [5, 5.41) is 1.32. The zero-order valence-corrected chi connectivity index (χ0v) is 15.4. The predicted molar refractivity (Wildman–Crippen MR) is 99.0 cm³/mol. The summed E-state index contributed by atoms with van der Waals surface area (Å²) in [5.41, 5.74) is 3.92. The Balaban J connectivity index is 1.61. The molecule has 1 aromatic heterocycles. The summed E-state index contributed by atoms with van der Waals surface area (Å²) in [7, 11) is 0. The Morgan fingerprint density at radius 3 is 2.46 bits per heavy atom. The normalized spacial score (nSPS) is 16.8. The second-order valence-corrected chi connectivity index (χ2v) is 8.17. The molecule has 1 aromatic carbocycles. The molecule has 1 aliphatic rings. The number of carbonyl (C=O) groups excluding carboxylic acids is 1. The number of carbonyl (C=O) groups is 1. The smallest absolute Gasteiger partial charge is 0.223 e. The Hall–Kier alpha value is -1.81. The molecule has 24 heavy (non-hydrogen) atoms. The number of aromatic amines is 1. The number of para-hydroxylation sites is 1. The van der Waals surface area contributed by atoms with Gasteiger partial charge in [0.05, 0.1) is 0 Å². The van der Waals surface area contributed by atoms with Crippen molar-refractivity contribution in [2.24, 2.45) is 5.41 Å². The standard InChI is InChI=1S/C20H29N3O/c1-15-17(16-7-5-6-8-18(16)21-15)14-22-9-11-23(12-10-22)19(24)13-20(2,3)4/h5-8,21H,9-14H2,1-4H3. The van der Waals surface area contributed by atoms with E-state index in [4.69, 9.17) is 0 Å². The van der Waals surface area contributed by atoms with Crippen molar-refractivity contribution in [3.63, 3.8) is 0 Å². The molecule has 1 amide bonds. The largest absolute Gasteiger partial charge is 0.358 e. The van der Waals surface area contributed by atoms with Crippen LogP contribution in [-0.2, 0) is 11.3 Å². The summed E-state index contributed by atoms with van der Waals surface area (Å²) < 4.78 is 0. The molecular weight excluding hydrogens is 298 g/mol. The van der Waals surface area contributed by atoms with E-state index in [-0.39, 0.29) is 5.41 Å². The van der Waals surface area contributed by atoms with Crippen LogP contribution in [0, 0.1) is 12.3 Å². The molecular formula is C20H29N3O. The number of rotatable bonds is 3. The minimum Gasteiger partial charge on any atom is -0.358 e. The van der Waals surface area contributed by atoms with E-state index in [1.165, 1.54) is 22.2 Å². The summed E-state index contributed by atoms with van der Waals surface area (Å²) >= 11 is 0. The maximum atomic E-state index is 12.4. The summed E-state index contributed by atoms with van der Waals surface area (Å²) in [5.74, 6) is 0.297. The number of hydrogen-bond acceptors (Lipinski definition) is 2. The van der Waals surface area contributed by atoms with Crippen molar-refractivity contribution >= 4 is 16.8 Å². The number of amides is 1. The number of piperazine rings is 1. The van der Waals surface area contributed by atoms with Crippen molar-refractivity contribution in [1.29, 1.82) is 0 Å². The van der Waals surface area contributed by atoms with Crippen LogP contribution in [0.5, 0.6) is 0 Å². The lowest BCUT2D eigenvalue weighted by Crippen LogP contribution is -2.48. The first-order valence-corrected chi connectivity index (χ1v) is 8.90. The lowest BCUT2D eigenvalue weighted by atomic mass is 9.91. The number of aromatic nitrogens is 1. The van der Waals surface area contributed by atoms with Crippen LogP contribution in [0.1, 0.15) is 38.4 Å². The highest BCUT2D eigenvalue weighted by Crippen LogP contribution is 2.24. The van der Waals surface area contributed by atoms with Crippen LogP contribution in [-0.4, -0.2) is 46.9 Å². The van der Waals surface area contributed by atoms with Crippen LogP contribution in [0.2, 0.25) is 0 Å². The summed E-state index contributed by atoms with van der Waals surface area (Å²) in [4.78, 5) is 20.3. The number of hydrogen-bond donors (Lipinski definition) is 1. The number of aryl methyl sites for hydroxylation is 1. The van der Waals surface area contributed by atoms with Gasteiger partial charge in [-0.1, -0.05) is 39.0 Å². The van der Waals surface area contributed by atoms with Crippen molar-refractivity contribution < 1.29 is 4.79 Å². The average molecular weight is 327 g/mol. The molecule has 130 valence electrons. The Morgan fingerprint density at radius 1 is 1.12 bits per heavy atom. The van der Waals surface area contributed by atoms with Crippen LogP contribution >= 0.6 is 0 Å². The molecule has 1 aliphatic heterocycles. The molecule has 0 spiro atoms. The Kier molecular flexibility index (Phi) is 4.68. The number of fused-ring (bicyclic) bond motifs is 1. The molecule has 0 bridgehead atoms. The predicted octanol–water partition coefficient (Wildman–Crippen LogP) is 3.56. The number of H-pyrrole nitrogens is 1. The van der Waals surface area contributed by atoms with E-state index in [1.807, 2.05) is 4.90 Å². The molecule has 1 saturated heterocycles. The molecule has 0 unspecified atom stereocenters. The molecule has 4 heteroatoms. The molecule has 2 heterocycles. The van der Waals surface area contributed by atoms with Gasteiger partial charge in [-0.3, -0.25) is 9.69 Å². The van der Waals surface area contributed by atoms with E-state index in [9.17, 15) is 4.79 Å². The van der Waals surface area contributed by atoms with Crippen molar-refractivity contribution in [3.05, 3.63) is 35.5 Å². The quantitative estimate of drug-likeness (QED) is 0.936. The lowest BCUT2D eigenvalue weighted by Gasteiger charge is -2.36. The number of benzene rings is 1. The van der Waals surface area contributed by atoms with Gasteiger partial charge < -0.3 is 9.88 Å². The van der Waals surface area contributed by atoms with Gasteiger partial charge in [-0.15, -0.1) is 0 Å². The van der Waals surface area contributed by atoms with Gasteiger partial charge in [-0.05, 0) is 24.0 Å². The summed E-state index contributed by atoms with van der Waals surface area (Å²) in [6.07, 6.45) is 0.633. The highest BCUT2D eigenvalue weighted by atomic mass is 16.2. The van der Waals surface area contributed by atoms with Crippen molar-refractivity contribution in [2.45, 2.75) is 40.7 Å². The molecule has 1 fully saturated rings. The fraction of sp³-hybridized carbons (Fsp3) is 0.550. The molecule has 2 aromatic rings. The third-order valence-electron chi connectivity index (χ3n) is 4.82. The molecule has 1 N–H and O–H groups in total. The third-order valence-corrected chi connectivity index (χ3v) is 4.82. The van der Waals surface area contributed by atoms with Gasteiger partial charge in [0, 0.05) is 55.7 Å². The minimum absolute atomic E-state index is 0.0648. The molecule has 0 aliphatic carbocycles. The number of nitrogens with one attached hydrogen (secondary N) is 1. The first kappa shape index (κ1) is 17.0. The first-order chi connectivity index (χ1) is 11.3. The van der Waals surface area contributed by atoms with Gasteiger partial charge in [0.1, 0.15) is 0 Å². The topological polar surface area (TPSA) is 39.3 Å². The first-order valence-electron chi connectivity index (χ1n) is 8.90. The molecule has 0 saturated carbocycles. The minimum atomic E-state index is 0.0648. The fourth-order valence-corrected chi connectivity index (χ4v) is 3.48. The van der Waals surface area contributed by atoms with Crippen molar-refractivity contribution in [1.82, 2.24) is 14.8 Å². The average Bonchev–Trinajstić information content (AvgIpc) is 2.82. The van der Waals surface area contributed by atoms with E-state index in [1.54, 1.807) is 0 Å². The Labute approximate surface area is 144 Å². The molecule has 0 atom stereocenters. The van der Waals surface area contributed by atoms with Gasteiger partial charge in [0.15, 0.2) is 0 Å². The summed E-state index contributed by atoms with van der Waals surface area (Å²) in [6.45, 7) is 13.1. The highest BCUT2D eigenvalue weighted by Gasteiger charge is 2.25. The third kappa shape index (κ3) is 3.81. The summed E-state index contributed by atoms with van der Waals surface area (Å²) in [6, 6.07) is 8.50. The van der Waals surface area contributed by atoms with Gasteiger partial charge in [-0.2, -0.15) is 0 Å². The van der Waals surface area contributed by atoms with Crippen LogP contribution in [0.4, 0.5) is 0 Å². The van der Waals surface area contributed by atoms with Crippen molar-refractivity contribution in [2.75, 3.05) is 26.2 Å². The van der Waals surface area contributed by atoms with Gasteiger partial charge >= 0.3 is 0 Å². The molecule has 0 radical (unpaired) electrons. The zero-order chi connectivity index (χ0) is 17.3. The second kappa shape index (κ2) is 6.60. The van der Waals surface area contributed by atoms with Crippen LogP contribution < -0.4 is 0 Å². The second-order valence-electron chi connectivity index (χ2n) is 8.17. The monoisotopic (exact) mass is 327 g/mol. The SMILES string of the molecule is Cc1[nH]c2ccccc2c1CN1CCN(C(=O)CC(C)(C)C)CC1. The van der Waals surface area contributed by atoms with Crippen LogP contribution in [0.15, 0.2) is 24.3 Å². The highest BCUT2D eigenvalue weighted by molar-refractivity contribution is 5.84. The molecule has 3 rings (SSSR count).